The van der Waals surface area contributed by atoms with Crippen LogP contribution in [0.4, 0.5) is 10.1 Å². The largest absolute Gasteiger partial charge is 0.465 e. The number of fused-ring (bicyclic) bond motifs is 1. The molecule has 0 saturated carbocycles. The predicted octanol–water partition coefficient (Wildman–Crippen LogP) is 4.24. The number of hydrogen-bond acceptors (Lipinski definition) is 6. The molecule has 0 fully saturated rings. The number of halogens is 1. The van der Waals surface area contributed by atoms with Gasteiger partial charge in [-0.15, -0.1) is 11.3 Å². The number of methoxy groups -OCH3 is 1. The molecule has 0 aliphatic rings. The van der Waals surface area contributed by atoms with E-state index < -0.39 is 30.3 Å². The first-order chi connectivity index (χ1) is 13.8. The lowest BCUT2D eigenvalue weighted by Crippen LogP contribution is -2.21. The average Bonchev–Trinajstić information content (AvgIpc) is 3.05. The van der Waals surface area contributed by atoms with Crippen LogP contribution in [0.3, 0.4) is 0 Å². The lowest BCUT2D eigenvalue weighted by molar-refractivity contribution is -0.119. The highest BCUT2D eigenvalue weighted by Gasteiger charge is 2.20. The van der Waals surface area contributed by atoms with Crippen molar-refractivity contribution in [3.8, 4) is 0 Å². The maximum Gasteiger partial charge on any atom is 0.349 e. The van der Waals surface area contributed by atoms with E-state index in [1.165, 1.54) is 19.2 Å². The summed E-state index contributed by atoms with van der Waals surface area (Å²) >= 11 is 1.11. The van der Waals surface area contributed by atoms with E-state index in [9.17, 15) is 18.8 Å². The molecule has 0 unspecified atom stereocenters. The molecule has 0 spiro atoms. The Labute approximate surface area is 170 Å². The second-order valence-corrected chi connectivity index (χ2v) is 7.37. The molecule has 8 heteroatoms. The van der Waals surface area contributed by atoms with Gasteiger partial charge in [0.1, 0.15) is 10.7 Å². The van der Waals surface area contributed by atoms with Crippen LogP contribution in [-0.2, 0) is 14.3 Å². The summed E-state index contributed by atoms with van der Waals surface area (Å²) < 4.78 is 24.4. The van der Waals surface area contributed by atoms with Crippen LogP contribution >= 0.6 is 11.3 Å². The first kappa shape index (κ1) is 20.5. The number of anilines is 1. The van der Waals surface area contributed by atoms with Crippen LogP contribution in [0.25, 0.3) is 10.1 Å². The maximum atomic E-state index is 14.0. The van der Waals surface area contributed by atoms with Gasteiger partial charge in [0.15, 0.2) is 6.61 Å². The van der Waals surface area contributed by atoms with Gasteiger partial charge in [-0.3, -0.25) is 4.79 Å². The Balaban J connectivity index is 1.69. The zero-order chi connectivity index (χ0) is 21.1. The molecule has 150 valence electrons. The second-order valence-electron chi connectivity index (χ2n) is 6.31. The second kappa shape index (κ2) is 8.40. The van der Waals surface area contributed by atoms with Gasteiger partial charge >= 0.3 is 11.9 Å². The summed E-state index contributed by atoms with van der Waals surface area (Å²) in [6, 6.07) is 9.36. The number of thiophene rings is 1. The Bertz CT molecular complexity index is 1120. The Hall–Kier alpha value is -3.26. The van der Waals surface area contributed by atoms with E-state index >= 15 is 0 Å². The summed E-state index contributed by atoms with van der Waals surface area (Å²) in [7, 11) is 1.27. The number of hydrogen-bond donors (Lipinski definition) is 1. The average molecular weight is 415 g/mol. The minimum absolute atomic E-state index is 0.252. The molecule has 2 aromatic carbocycles. The SMILES string of the molecule is COC(=O)c1ccc(C)c(NC(=O)COC(=O)c2sc3cccc(F)c3c2C)c1. The summed E-state index contributed by atoms with van der Waals surface area (Å²) in [5.74, 6) is -2.19. The Morgan fingerprint density at radius 2 is 1.86 bits per heavy atom. The van der Waals surface area contributed by atoms with Crippen molar-refractivity contribution >= 4 is 45.0 Å². The highest BCUT2D eigenvalue weighted by atomic mass is 32.1. The zero-order valence-electron chi connectivity index (χ0n) is 16.0. The van der Waals surface area contributed by atoms with Gasteiger partial charge in [-0.1, -0.05) is 12.1 Å². The van der Waals surface area contributed by atoms with E-state index in [1.54, 1.807) is 38.1 Å². The fraction of sp³-hybridized carbons (Fsp3) is 0.190. The molecular weight excluding hydrogens is 397 g/mol. The zero-order valence-corrected chi connectivity index (χ0v) is 16.8. The molecule has 3 aromatic rings. The fourth-order valence-corrected chi connectivity index (χ4v) is 3.95. The Morgan fingerprint density at radius 1 is 1.10 bits per heavy atom. The third-order valence-electron chi connectivity index (χ3n) is 4.36. The standard InChI is InChI=1S/C21H18FNO5S/c1-11-7-8-13(20(25)27-3)9-15(11)23-17(24)10-28-21(26)19-12(2)18-14(22)5-4-6-16(18)29-19/h4-9H,10H2,1-3H3,(H,23,24). The van der Waals surface area contributed by atoms with E-state index in [4.69, 9.17) is 4.74 Å². The number of benzene rings is 2. The summed E-state index contributed by atoms with van der Waals surface area (Å²) in [4.78, 5) is 36.5. The molecule has 1 N–H and O–H groups in total. The van der Waals surface area contributed by atoms with Crippen molar-refractivity contribution < 1.29 is 28.2 Å². The van der Waals surface area contributed by atoms with E-state index in [0.29, 0.717) is 21.3 Å². The molecule has 0 bridgehead atoms. The van der Waals surface area contributed by atoms with Crippen LogP contribution in [0.15, 0.2) is 36.4 Å². The molecule has 0 radical (unpaired) electrons. The van der Waals surface area contributed by atoms with Gasteiger partial charge < -0.3 is 14.8 Å². The maximum absolute atomic E-state index is 14.0. The summed E-state index contributed by atoms with van der Waals surface area (Å²) in [6.07, 6.45) is 0. The molecule has 3 rings (SSSR count). The van der Waals surface area contributed by atoms with Crippen molar-refractivity contribution in [1.82, 2.24) is 0 Å². The summed E-state index contributed by atoms with van der Waals surface area (Å²) in [5, 5.41) is 2.99. The van der Waals surface area contributed by atoms with Crippen LogP contribution in [0.5, 0.6) is 0 Å². The van der Waals surface area contributed by atoms with Gasteiger partial charge in [-0.05, 0) is 49.2 Å². The topological polar surface area (TPSA) is 81.7 Å². The Morgan fingerprint density at radius 3 is 2.55 bits per heavy atom. The number of nitrogens with one attached hydrogen (secondary N) is 1. The van der Waals surface area contributed by atoms with Crippen molar-refractivity contribution in [2.45, 2.75) is 13.8 Å². The van der Waals surface area contributed by atoms with Crippen LogP contribution < -0.4 is 5.32 Å². The number of ether oxygens (including phenoxy) is 2. The smallest absolute Gasteiger partial charge is 0.349 e. The molecule has 0 aliphatic carbocycles. The van der Waals surface area contributed by atoms with E-state index in [0.717, 1.165) is 16.9 Å². The van der Waals surface area contributed by atoms with Gasteiger partial charge in [-0.2, -0.15) is 0 Å². The van der Waals surface area contributed by atoms with E-state index in [1.807, 2.05) is 0 Å². The van der Waals surface area contributed by atoms with E-state index in [2.05, 4.69) is 10.1 Å². The molecule has 1 aromatic heterocycles. The quantitative estimate of drug-likeness (QED) is 0.631. The van der Waals surface area contributed by atoms with Crippen molar-refractivity contribution in [3.05, 3.63) is 63.8 Å². The number of amides is 1. The molecule has 29 heavy (non-hydrogen) atoms. The predicted molar refractivity (Wildman–Crippen MR) is 108 cm³/mol. The number of esters is 2. The number of carbonyl (C=O) groups is 3. The molecule has 1 amide bonds. The minimum Gasteiger partial charge on any atom is -0.465 e. The van der Waals surface area contributed by atoms with Crippen molar-refractivity contribution in [2.75, 3.05) is 19.0 Å². The molecule has 6 nitrogen and oxygen atoms in total. The third-order valence-corrected chi connectivity index (χ3v) is 5.59. The first-order valence-corrected chi connectivity index (χ1v) is 9.47. The monoisotopic (exact) mass is 415 g/mol. The lowest BCUT2D eigenvalue weighted by atomic mass is 10.1. The van der Waals surface area contributed by atoms with Crippen LogP contribution in [0.1, 0.15) is 31.2 Å². The Kier molecular flexibility index (Phi) is 5.93. The van der Waals surface area contributed by atoms with Gasteiger partial charge in [0.05, 0.1) is 12.7 Å². The van der Waals surface area contributed by atoms with Crippen LogP contribution in [-0.4, -0.2) is 31.6 Å². The number of carbonyl (C=O) groups excluding carboxylic acids is 3. The lowest BCUT2D eigenvalue weighted by Gasteiger charge is -2.10. The van der Waals surface area contributed by atoms with Crippen LogP contribution in [0, 0.1) is 19.7 Å². The third kappa shape index (κ3) is 4.27. The van der Waals surface area contributed by atoms with Gasteiger partial charge in [-0.25, -0.2) is 14.0 Å². The summed E-state index contributed by atoms with van der Waals surface area (Å²) in [6.45, 7) is 2.88. The minimum atomic E-state index is -0.696. The van der Waals surface area contributed by atoms with Crippen LogP contribution in [0.2, 0.25) is 0 Å². The number of aryl methyl sites for hydroxylation is 2. The van der Waals surface area contributed by atoms with E-state index in [-0.39, 0.29) is 10.4 Å². The van der Waals surface area contributed by atoms with Gasteiger partial charge in [0.25, 0.3) is 5.91 Å². The molecular formula is C21H18FNO5S. The normalized spacial score (nSPS) is 10.6. The first-order valence-electron chi connectivity index (χ1n) is 8.65. The highest BCUT2D eigenvalue weighted by Crippen LogP contribution is 2.33. The fourth-order valence-electron chi connectivity index (χ4n) is 2.83. The van der Waals surface area contributed by atoms with Crippen molar-refractivity contribution in [2.24, 2.45) is 0 Å². The van der Waals surface area contributed by atoms with Gasteiger partial charge in [0.2, 0.25) is 0 Å². The molecule has 0 atom stereocenters. The van der Waals surface area contributed by atoms with Crippen molar-refractivity contribution in [1.29, 1.82) is 0 Å². The molecule has 1 heterocycles. The van der Waals surface area contributed by atoms with Gasteiger partial charge in [0, 0.05) is 15.8 Å². The summed E-state index contributed by atoms with van der Waals surface area (Å²) in [5.41, 5.74) is 1.91. The molecule has 0 saturated heterocycles. The van der Waals surface area contributed by atoms with Crippen molar-refractivity contribution in [3.63, 3.8) is 0 Å². The number of rotatable bonds is 5. The highest BCUT2D eigenvalue weighted by molar-refractivity contribution is 7.21. The molecule has 0 aliphatic heterocycles.